The van der Waals surface area contributed by atoms with Gasteiger partial charge in [-0.05, 0) is 26.1 Å². The molecule has 0 saturated heterocycles. The molecule has 0 aliphatic rings. The molecule has 0 aliphatic carbocycles. The van der Waals surface area contributed by atoms with Gasteiger partial charge in [0, 0.05) is 23.2 Å². The van der Waals surface area contributed by atoms with E-state index in [0.29, 0.717) is 12.5 Å². The number of thioether (sulfide) groups is 1. The lowest BCUT2D eigenvalue weighted by Gasteiger charge is -2.22. The summed E-state index contributed by atoms with van der Waals surface area (Å²) < 4.78 is 0. The van der Waals surface area contributed by atoms with E-state index in [2.05, 4.69) is 49.2 Å². The summed E-state index contributed by atoms with van der Waals surface area (Å²) in [7, 11) is 2.08. The van der Waals surface area contributed by atoms with Gasteiger partial charge in [-0.3, -0.25) is 0 Å². The molecule has 1 aromatic carbocycles. The maximum Gasteiger partial charge on any atom is 0.0638 e. The highest BCUT2D eigenvalue weighted by Gasteiger charge is 2.07. The molecule has 1 rings (SSSR count). The normalized spacial score (nSPS) is 12.4. The Morgan fingerprint density at radius 3 is 2.69 bits per heavy atom. The molecule has 0 N–H and O–H groups in total. The second-order valence-corrected chi connectivity index (χ2v) is 5.02. The van der Waals surface area contributed by atoms with Crippen LogP contribution in [-0.4, -0.2) is 30.3 Å². The smallest absolute Gasteiger partial charge is 0.0638 e. The molecule has 3 heteroatoms. The zero-order valence-corrected chi connectivity index (χ0v) is 10.7. The van der Waals surface area contributed by atoms with E-state index in [1.165, 1.54) is 4.90 Å². The first-order chi connectivity index (χ1) is 7.74. The minimum atomic E-state index is 0.348. The summed E-state index contributed by atoms with van der Waals surface area (Å²) in [6.07, 6.45) is 0.604. The Hall–Kier alpha value is -0.980. The van der Waals surface area contributed by atoms with Gasteiger partial charge in [0.25, 0.3) is 0 Å². The molecule has 1 aromatic rings. The Morgan fingerprint density at radius 1 is 1.38 bits per heavy atom. The van der Waals surface area contributed by atoms with Gasteiger partial charge in [0.1, 0.15) is 0 Å². The number of rotatable bonds is 6. The average molecular weight is 234 g/mol. The van der Waals surface area contributed by atoms with E-state index in [9.17, 15) is 0 Å². The molecule has 0 heterocycles. The molecule has 0 aliphatic heterocycles. The Bertz CT molecular complexity index is 332. The number of hydrogen-bond acceptors (Lipinski definition) is 3. The molecule has 0 radical (unpaired) electrons. The van der Waals surface area contributed by atoms with Crippen LogP contribution in [0.5, 0.6) is 0 Å². The van der Waals surface area contributed by atoms with Crippen LogP contribution in [0.3, 0.4) is 0 Å². The molecule has 86 valence electrons. The third-order valence-corrected chi connectivity index (χ3v) is 3.59. The van der Waals surface area contributed by atoms with Crippen molar-refractivity contribution >= 4 is 11.8 Å². The maximum atomic E-state index is 8.61. The van der Waals surface area contributed by atoms with Crippen molar-refractivity contribution in [3.05, 3.63) is 30.3 Å². The van der Waals surface area contributed by atoms with Crippen LogP contribution in [0.4, 0.5) is 0 Å². The molecule has 0 amide bonds. The summed E-state index contributed by atoms with van der Waals surface area (Å²) in [5, 5.41) is 8.61. The zero-order valence-electron chi connectivity index (χ0n) is 9.89. The fraction of sp³-hybridized carbons (Fsp3) is 0.462. The van der Waals surface area contributed by atoms with E-state index >= 15 is 0 Å². The standard InChI is InChI=1S/C13H18N2S/c1-12(8-9-14)15(2)10-11-16-13-6-4-3-5-7-13/h3-7,12H,8,10-11H2,1-2H3. The molecule has 1 atom stereocenters. The minimum Gasteiger partial charge on any atom is -0.302 e. The fourth-order valence-electron chi connectivity index (χ4n) is 1.33. The van der Waals surface area contributed by atoms with Crippen molar-refractivity contribution in [1.29, 1.82) is 5.26 Å². The van der Waals surface area contributed by atoms with Gasteiger partial charge >= 0.3 is 0 Å². The van der Waals surface area contributed by atoms with Gasteiger partial charge in [0.15, 0.2) is 0 Å². The van der Waals surface area contributed by atoms with Crippen molar-refractivity contribution in [2.24, 2.45) is 0 Å². The maximum absolute atomic E-state index is 8.61. The third kappa shape index (κ3) is 4.69. The van der Waals surface area contributed by atoms with Crippen LogP contribution in [0.1, 0.15) is 13.3 Å². The first-order valence-electron chi connectivity index (χ1n) is 5.49. The molecule has 16 heavy (non-hydrogen) atoms. The number of nitrogens with zero attached hydrogens (tertiary/aromatic N) is 2. The van der Waals surface area contributed by atoms with Gasteiger partial charge in [-0.15, -0.1) is 11.8 Å². The van der Waals surface area contributed by atoms with E-state index < -0.39 is 0 Å². The topological polar surface area (TPSA) is 27.0 Å². The van der Waals surface area contributed by atoms with Crippen LogP contribution in [-0.2, 0) is 0 Å². The van der Waals surface area contributed by atoms with E-state index in [0.717, 1.165) is 12.3 Å². The summed E-state index contributed by atoms with van der Waals surface area (Å²) in [5.41, 5.74) is 0. The van der Waals surface area contributed by atoms with Crippen molar-refractivity contribution in [2.45, 2.75) is 24.3 Å². The van der Waals surface area contributed by atoms with Crippen LogP contribution in [0, 0.1) is 11.3 Å². The molecule has 0 aromatic heterocycles. The van der Waals surface area contributed by atoms with Crippen LogP contribution >= 0.6 is 11.8 Å². The quantitative estimate of drug-likeness (QED) is 0.708. The van der Waals surface area contributed by atoms with Crippen LogP contribution in [0.25, 0.3) is 0 Å². The highest BCUT2D eigenvalue weighted by atomic mass is 32.2. The highest BCUT2D eigenvalue weighted by Crippen LogP contribution is 2.17. The van der Waals surface area contributed by atoms with Gasteiger partial charge in [-0.1, -0.05) is 18.2 Å². The summed E-state index contributed by atoms with van der Waals surface area (Å²) in [6.45, 7) is 3.11. The molecular formula is C13H18N2S. The van der Waals surface area contributed by atoms with E-state index in [1.54, 1.807) is 0 Å². The van der Waals surface area contributed by atoms with Gasteiger partial charge in [-0.2, -0.15) is 5.26 Å². The first kappa shape index (κ1) is 13.1. The minimum absolute atomic E-state index is 0.348. The molecule has 1 unspecified atom stereocenters. The average Bonchev–Trinajstić information content (AvgIpc) is 2.30. The van der Waals surface area contributed by atoms with Gasteiger partial charge < -0.3 is 4.90 Å². The van der Waals surface area contributed by atoms with Crippen molar-refractivity contribution < 1.29 is 0 Å². The largest absolute Gasteiger partial charge is 0.302 e. The van der Waals surface area contributed by atoms with Gasteiger partial charge in [0.2, 0.25) is 0 Å². The number of benzene rings is 1. The van der Waals surface area contributed by atoms with E-state index in [-0.39, 0.29) is 0 Å². The Balaban J connectivity index is 2.23. The highest BCUT2D eigenvalue weighted by molar-refractivity contribution is 7.99. The van der Waals surface area contributed by atoms with Gasteiger partial charge in [-0.25, -0.2) is 0 Å². The lowest BCUT2D eigenvalue weighted by Crippen LogP contribution is -2.30. The molecule has 2 nitrogen and oxygen atoms in total. The second-order valence-electron chi connectivity index (χ2n) is 3.85. The van der Waals surface area contributed by atoms with Crippen LogP contribution < -0.4 is 0 Å². The summed E-state index contributed by atoms with van der Waals surface area (Å²) in [4.78, 5) is 3.54. The van der Waals surface area contributed by atoms with Crippen molar-refractivity contribution in [3.63, 3.8) is 0 Å². The Morgan fingerprint density at radius 2 is 2.06 bits per heavy atom. The predicted molar refractivity (Wildman–Crippen MR) is 69.5 cm³/mol. The van der Waals surface area contributed by atoms with Crippen LogP contribution in [0.2, 0.25) is 0 Å². The molecular weight excluding hydrogens is 216 g/mol. The summed E-state index contributed by atoms with van der Waals surface area (Å²) >= 11 is 1.86. The van der Waals surface area contributed by atoms with Crippen LogP contribution in [0.15, 0.2) is 35.2 Å². The number of nitriles is 1. The lowest BCUT2D eigenvalue weighted by molar-refractivity contribution is 0.277. The van der Waals surface area contributed by atoms with Gasteiger partial charge in [0.05, 0.1) is 12.5 Å². The Labute approximate surface area is 102 Å². The fourth-order valence-corrected chi connectivity index (χ4v) is 2.30. The molecule has 0 fully saturated rings. The molecule has 0 spiro atoms. The van der Waals surface area contributed by atoms with Crippen molar-refractivity contribution in [3.8, 4) is 6.07 Å². The summed E-state index contributed by atoms with van der Waals surface area (Å²) in [5.74, 6) is 1.07. The number of hydrogen-bond donors (Lipinski definition) is 0. The first-order valence-corrected chi connectivity index (χ1v) is 6.47. The van der Waals surface area contributed by atoms with Crippen molar-refractivity contribution in [2.75, 3.05) is 19.3 Å². The second kappa shape index (κ2) is 7.32. The Kier molecular flexibility index (Phi) is 5.99. The third-order valence-electron chi connectivity index (χ3n) is 2.60. The lowest BCUT2D eigenvalue weighted by atomic mass is 10.2. The predicted octanol–water partition coefficient (Wildman–Crippen LogP) is 3.01. The molecule has 0 saturated carbocycles. The monoisotopic (exact) mass is 234 g/mol. The summed E-state index contributed by atoms with van der Waals surface area (Å²) in [6, 6.07) is 13.0. The van der Waals surface area contributed by atoms with E-state index in [1.807, 2.05) is 17.8 Å². The SMILES string of the molecule is CC(CC#N)N(C)CCSc1ccccc1. The zero-order chi connectivity index (χ0) is 11.8. The molecule has 0 bridgehead atoms. The van der Waals surface area contributed by atoms with E-state index in [4.69, 9.17) is 5.26 Å². The van der Waals surface area contributed by atoms with Crippen molar-refractivity contribution in [1.82, 2.24) is 4.90 Å².